The molecule has 1 N–H and O–H groups in total. The number of carboxylic acids is 1. The summed E-state index contributed by atoms with van der Waals surface area (Å²) in [4.78, 5) is 11.5. The fraction of sp³-hybridized carbons (Fsp3) is 0.923. The molecule has 3 atom stereocenters. The van der Waals surface area contributed by atoms with E-state index in [9.17, 15) is 9.90 Å². The summed E-state index contributed by atoms with van der Waals surface area (Å²) in [6.45, 7) is 9.31. The number of carbonyl (C=O) groups is 1. The molecule has 0 aromatic heterocycles. The van der Waals surface area contributed by atoms with Gasteiger partial charge in [0.05, 0.1) is 18.1 Å². The van der Waals surface area contributed by atoms with Crippen molar-refractivity contribution in [3.05, 3.63) is 0 Å². The van der Waals surface area contributed by atoms with Crippen molar-refractivity contribution >= 4 is 17.6 Å². The van der Waals surface area contributed by atoms with Gasteiger partial charge in [-0.05, 0) is 19.3 Å². The van der Waals surface area contributed by atoms with E-state index in [1.54, 1.807) is 13.8 Å². The summed E-state index contributed by atoms with van der Waals surface area (Å²) < 4.78 is 11.4. The van der Waals surface area contributed by atoms with E-state index in [2.05, 4.69) is 0 Å². The molecule has 1 unspecified atom stereocenters. The Morgan fingerprint density at radius 3 is 2.39 bits per heavy atom. The normalized spacial score (nSPS) is 29.9. The van der Waals surface area contributed by atoms with Crippen LogP contribution in [0.25, 0.3) is 0 Å². The summed E-state index contributed by atoms with van der Waals surface area (Å²) in [7, 11) is 0. The number of hydrogen-bond acceptors (Lipinski definition) is 3. The molecule has 1 fully saturated rings. The molecule has 106 valence electrons. The Hall–Kier alpha value is -0.320. The van der Waals surface area contributed by atoms with Gasteiger partial charge in [-0.25, -0.2) is 0 Å². The van der Waals surface area contributed by atoms with E-state index < -0.39 is 17.7 Å². The predicted molar refractivity (Wildman–Crippen MR) is 69.7 cm³/mol. The molecule has 0 radical (unpaired) electrons. The number of alkyl halides is 1. The van der Waals surface area contributed by atoms with E-state index in [0.29, 0.717) is 12.3 Å². The Morgan fingerprint density at radius 2 is 2.00 bits per heavy atom. The number of halogens is 1. The number of rotatable bonds is 3. The van der Waals surface area contributed by atoms with Gasteiger partial charge < -0.3 is 14.6 Å². The third-order valence-electron chi connectivity index (χ3n) is 3.12. The molecule has 0 saturated carbocycles. The second-order valence-electron chi connectivity index (χ2n) is 6.37. The standard InChI is InChI=1S/C13H23ClO4/c1-12(2,3)10(11(15)16)9-6-8(7-14)17-13(4,5)18-9/h8-10H,6-7H2,1-5H3,(H,15,16)/t8-,9+,10?/m0/s1. The molecule has 1 rings (SSSR count). The van der Waals surface area contributed by atoms with Crippen molar-refractivity contribution in [3.8, 4) is 0 Å². The van der Waals surface area contributed by atoms with Crippen LogP contribution in [0.5, 0.6) is 0 Å². The first-order chi connectivity index (χ1) is 8.07. The molecular formula is C13H23ClO4. The highest BCUT2D eigenvalue weighted by Crippen LogP contribution is 2.38. The third kappa shape index (κ3) is 3.84. The minimum Gasteiger partial charge on any atom is -0.481 e. The van der Waals surface area contributed by atoms with Crippen molar-refractivity contribution < 1.29 is 19.4 Å². The van der Waals surface area contributed by atoms with E-state index in [1.807, 2.05) is 20.8 Å². The Labute approximate surface area is 114 Å². The van der Waals surface area contributed by atoms with E-state index in [0.717, 1.165) is 0 Å². The van der Waals surface area contributed by atoms with Crippen molar-refractivity contribution in [3.63, 3.8) is 0 Å². The average Bonchev–Trinajstić information content (AvgIpc) is 2.11. The summed E-state index contributed by atoms with van der Waals surface area (Å²) in [5.41, 5.74) is -0.374. The lowest BCUT2D eigenvalue weighted by atomic mass is 9.75. The van der Waals surface area contributed by atoms with Crippen LogP contribution in [0.2, 0.25) is 0 Å². The lowest BCUT2D eigenvalue weighted by molar-refractivity contribution is -0.307. The van der Waals surface area contributed by atoms with Gasteiger partial charge in [-0.15, -0.1) is 11.6 Å². The summed E-state index contributed by atoms with van der Waals surface area (Å²) in [5, 5.41) is 9.44. The van der Waals surface area contributed by atoms with Crippen LogP contribution in [0.1, 0.15) is 41.0 Å². The zero-order valence-electron chi connectivity index (χ0n) is 11.7. The number of hydrogen-bond donors (Lipinski definition) is 1. The molecular weight excluding hydrogens is 256 g/mol. The van der Waals surface area contributed by atoms with Crippen molar-refractivity contribution in [1.82, 2.24) is 0 Å². The SMILES string of the molecule is CC1(C)O[C@H](CCl)C[C@H](C(C(=O)O)C(C)(C)C)O1. The van der Waals surface area contributed by atoms with Crippen LogP contribution in [0.15, 0.2) is 0 Å². The van der Waals surface area contributed by atoms with Gasteiger partial charge in [0.15, 0.2) is 5.79 Å². The molecule has 1 heterocycles. The quantitative estimate of drug-likeness (QED) is 0.807. The number of aliphatic carboxylic acids is 1. The number of ether oxygens (including phenoxy) is 2. The predicted octanol–water partition coefficient (Wildman–Crippen LogP) is 2.88. The zero-order valence-corrected chi connectivity index (χ0v) is 12.5. The van der Waals surface area contributed by atoms with Crippen LogP contribution in [-0.4, -0.2) is 35.0 Å². The first kappa shape index (κ1) is 15.7. The Balaban J connectivity index is 2.94. The van der Waals surface area contributed by atoms with Crippen LogP contribution in [0, 0.1) is 11.3 Å². The molecule has 5 heteroatoms. The summed E-state index contributed by atoms with van der Waals surface area (Å²) in [5.74, 6) is -1.86. The largest absolute Gasteiger partial charge is 0.481 e. The fourth-order valence-electron chi connectivity index (χ4n) is 2.53. The summed E-state index contributed by atoms with van der Waals surface area (Å²) in [6.07, 6.45) is -0.0270. The van der Waals surface area contributed by atoms with Gasteiger partial charge in [-0.3, -0.25) is 4.79 Å². The van der Waals surface area contributed by atoms with Crippen LogP contribution < -0.4 is 0 Å². The maximum absolute atomic E-state index is 11.5. The number of carboxylic acid groups (broad SMARTS) is 1. The van der Waals surface area contributed by atoms with E-state index in [-0.39, 0.29) is 17.6 Å². The van der Waals surface area contributed by atoms with Crippen molar-refractivity contribution in [2.75, 3.05) is 5.88 Å². The van der Waals surface area contributed by atoms with E-state index >= 15 is 0 Å². The van der Waals surface area contributed by atoms with Gasteiger partial charge in [0.25, 0.3) is 0 Å². The van der Waals surface area contributed by atoms with Crippen LogP contribution in [0.3, 0.4) is 0 Å². The summed E-state index contributed by atoms with van der Waals surface area (Å²) in [6, 6.07) is 0. The van der Waals surface area contributed by atoms with Gasteiger partial charge >= 0.3 is 5.97 Å². The molecule has 0 amide bonds. The summed E-state index contributed by atoms with van der Waals surface area (Å²) >= 11 is 5.84. The van der Waals surface area contributed by atoms with Crippen molar-refractivity contribution in [2.24, 2.45) is 11.3 Å². The van der Waals surface area contributed by atoms with Crippen LogP contribution >= 0.6 is 11.6 Å². The van der Waals surface area contributed by atoms with Gasteiger partial charge in [0.2, 0.25) is 0 Å². The maximum Gasteiger partial charge on any atom is 0.309 e. The Kier molecular flexibility index (Phi) is 4.68. The van der Waals surface area contributed by atoms with Crippen molar-refractivity contribution in [1.29, 1.82) is 0 Å². The molecule has 0 bridgehead atoms. The second-order valence-corrected chi connectivity index (χ2v) is 6.68. The van der Waals surface area contributed by atoms with Gasteiger partial charge in [-0.2, -0.15) is 0 Å². The zero-order chi connectivity index (χ0) is 14.1. The smallest absolute Gasteiger partial charge is 0.309 e. The lowest BCUT2D eigenvalue weighted by Gasteiger charge is -2.44. The molecule has 4 nitrogen and oxygen atoms in total. The maximum atomic E-state index is 11.5. The van der Waals surface area contributed by atoms with Gasteiger partial charge in [0.1, 0.15) is 0 Å². The molecule has 0 aliphatic carbocycles. The highest BCUT2D eigenvalue weighted by atomic mass is 35.5. The fourth-order valence-corrected chi connectivity index (χ4v) is 2.72. The minimum atomic E-state index is -0.835. The first-order valence-electron chi connectivity index (χ1n) is 6.21. The first-order valence-corrected chi connectivity index (χ1v) is 6.74. The Morgan fingerprint density at radius 1 is 1.44 bits per heavy atom. The topological polar surface area (TPSA) is 55.8 Å². The van der Waals surface area contributed by atoms with E-state index in [4.69, 9.17) is 21.1 Å². The van der Waals surface area contributed by atoms with Crippen LogP contribution in [-0.2, 0) is 14.3 Å². The molecule has 1 aliphatic heterocycles. The average molecular weight is 279 g/mol. The molecule has 0 aromatic carbocycles. The highest BCUT2D eigenvalue weighted by Gasteiger charge is 2.45. The van der Waals surface area contributed by atoms with Crippen molar-refractivity contribution in [2.45, 2.75) is 59.0 Å². The minimum absolute atomic E-state index is 0.162. The molecule has 18 heavy (non-hydrogen) atoms. The monoisotopic (exact) mass is 278 g/mol. The van der Waals surface area contributed by atoms with E-state index in [1.165, 1.54) is 0 Å². The lowest BCUT2D eigenvalue weighted by Crippen LogP contribution is -2.52. The third-order valence-corrected chi connectivity index (χ3v) is 3.47. The van der Waals surface area contributed by atoms with Crippen LogP contribution in [0.4, 0.5) is 0 Å². The molecule has 1 aliphatic rings. The second kappa shape index (κ2) is 5.35. The van der Waals surface area contributed by atoms with Gasteiger partial charge in [0, 0.05) is 12.3 Å². The molecule has 0 spiro atoms. The molecule has 0 aromatic rings. The van der Waals surface area contributed by atoms with Gasteiger partial charge in [-0.1, -0.05) is 20.8 Å². The Bertz CT molecular complexity index is 309. The highest BCUT2D eigenvalue weighted by molar-refractivity contribution is 6.18. The molecule has 1 saturated heterocycles.